The van der Waals surface area contributed by atoms with Gasteiger partial charge in [-0.05, 0) is 62.4 Å². The summed E-state index contributed by atoms with van der Waals surface area (Å²) in [6, 6.07) is 14.0. The van der Waals surface area contributed by atoms with Crippen molar-refractivity contribution in [3.8, 4) is 6.07 Å². The van der Waals surface area contributed by atoms with Crippen LogP contribution in [0.5, 0.6) is 0 Å². The molecule has 0 aliphatic carbocycles. The minimum absolute atomic E-state index is 0.0574. The summed E-state index contributed by atoms with van der Waals surface area (Å²) < 4.78 is 0. The standard InChI is InChI=1S/C28H31N7O2/c1-20-25(19-31-32-27(20)36)35-11-3-6-24(35)9-7-21-4-2-5-23(16-21)28(37)34-14-12-33(13-15-34)26-10-8-22(17-29)18-30-26/h2,4-5,8,10,16,18-19,24H,3,6-7,9,11-15H2,1H3,(H,32,36). The maximum atomic E-state index is 13.3. The minimum Gasteiger partial charge on any atom is -0.367 e. The number of carbonyl (C=O) groups is 1. The number of anilines is 2. The lowest BCUT2D eigenvalue weighted by atomic mass is 10.0. The fourth-order valence-electron chi connectivity index (χ4n) is 5.35. The van der Waals surface area contributed by atoms with Crippen LogP contribution in [-0.4, -0.2) is 64.8 Å². The Hall–Kier alpha value is -4.19. The maximum Gasteiger partial charge on any atom is 0.269 e. The molecule has 2 aliphatic heterocycles. The lowest BCUT2D eigenvalue weighted by Crippen LogP contribution is -2.49. The molecule has 0 bridgehead atoms. The second kappa shape index (κ2) is 10.8. The lowest BCUT2D eigenvalue weighted by molar-refractivity contribution is 0.0746. The van der Waals surface area contributed by atoms with E-state index in [1.807, 2.05) is 36.1 Å². The summed E-state index contributed by atoms with van der Waals surface area (Å²) in [5, 5.41) is 15.5. The summed E-state index contributed by atoms with van der Waals surface area (Å²) in [6.07, 6.45) is 7.35. The Morgan fingerprint density at radius 3 is 2.73 bits per heavy atom. The zero-order chi connectivity index (χ0) is 25.8. The van der Waals surface area contributed by atoms with Crippen molar-refractivity contribution in [2.24, 2.45) is 0 Å². The molecule has 2 aliphatic rings. The van der Waals surface area contributed by atoms with Crippen LogP contribution in [0.2, 0.25) is 0 Å². The summed E-state index contributed by atoms with van der Waals surface area (Å²) in [7, 11) is 0. The average Bonchev–Trinajstić information content (AvgIpc) is 3.42. The molecule has 1 N–H and O–H groups in total. The van der Waals surface area contributed by atoms with Gasteiger partial charge in [0, 0.05) is 56.1 Å². The Bertz CT molecular complexity index is 1350. The van der Waals surface area contributed by atoms with Crippen LogP contribution >= 0.6 is 0 Å². The molecular formula is C28H31N7O2. The maximum absolute atomic E-state index is 13.3. The van der Waals surface area contributed by atoms with Gasteiger partial charge in [0.1, 0.15) is 11.9 Å². The Kier molecular flexibility index (Phi) is 7.17. The SMILES string of the molecule is Cc1c(N2CCCC2CCc2cccc(C(=O)N3CCN(c4ccc(C#N)cn4)CC3)c2)cn[nH]c1=O. The normalized spacial score (nSPS) is 17.6. The van der Waals surface area contributed by atoms with E-state index in [4.69, 9.17) is 5.26 Å². The number of aromatic nitrogens is 3. The average molecular weight is 498 g/mol. The summed E-state index contributed by atoms with van der Waals surface area (Å²) in [5.74, 6) is 0.891. The Labute approximate surface area is 216 Å². The van der Waals surface area contributed by atoms with Crippen LogP contribution in [0.25, 0.3) is 0 Å². The number of hydrogen-bond acceptors (Lipinski definition) is 7. The Morgan fingerprint density at radius 2 is 1.97 bits per heavy atom. The fraction of sp³-hybridized carbons (Fsp3) is 0.393. The van der Waals surface area contributed by atoms with E-state index in [2.05, 4.69) is 37.1 Å². The van der Waals surface area contributed by atoms with Crippen molar-refractivity contribution in [3.05, 3.63) is 81.4 Å². The van der Waals surface area contributed by atoms with E-state index in [0.717, 1.165) is 54.9 Å². The van der Waals surface area contributed by atoms with Gasteiger partial charge in [-0.15, -0.1) is 0 Å². The van der Waals surface area contributed by atoms with Crippen molar-refractivity contribution in [2.75, 3.05) is 42.5 Å². The predicted molar refractivity (Wildman–Crippen MR) is 142 cm³/mol. The highest BCUT2D eigenvalue weighted by Crippen LogP contribution is 2.29. The fourth-order valence-corrected chi connectivity index (χ4v) is 5.35. The molecule has 3 aromatic rings. The highest BCUT2D eigenvalue weighted by Gasteiger charge is 2.27. The number of nitrogens with one attached hydrogen (secondary N) is 1. The first-order valence-corrected chi connectivity index (χ1v) is 12.8. The van der Waals surface area contributed by atoms with Crippen LogP contribution in [0.3, 0.4) is 0 Å². The van der Waals surface area contributed by atoms with Gasteiger partial charge < -0.3 is 14.7 Å². The third kappa shape index (κ3) is 5.33. The van der Waals surface area contributed by atoms with E-state index in [1.165, 1.54) is 0 Å². The lowest BCUT2D eigenvalue weighted by Gasteiger charge is -2.35. The van der Waals surface area contributed by atoms with Gasteiger partial charge in [-0.2, -0.15) is 10.4 Å². The first-order valence-electron chi connectivity index (χ1n) is 12.8. The second-order valence-corrected chi connectivity index (χ2v) is 9.73. The number of H-pyrrole nitrogens is 1. The van der Waals surface area contributed by atoms with E-state index in [-0.39, 0.29) is 11.5 Å². The molecule has 1 unspecified atom stereocenters. The number of carbonyl (C=O) groups excluding carboxylic acids is 1. The van der Waals surface area contributed by atoms with Crippen molar-refractivity contribution >= 4 is 17.4 Å². The van der Waals surface area contributed by atoms with Gasteiger partial charge in [-0.3, -0.25) is 9.59 Å². The molecule has 2 aromatic heterocycles. The van der Waals surface area contributed by atoms with Gasteiger partial charge >= 0.3 is 0 Å². The van der Waals surface area contributed by atoms with Gasteiger partial charge in [0.25, 0.3) is 11.5 Å². The molecule has 2 saturated heterocycles. The van der Waals surface area contributed by atoms with E-state index in [0.29, 0.717) is 43.3 Å². The second-order valence-electron chi connectivity index (χ2n) is 9.73. The van der Waals surface area contributed by atoms with Crippen molar-refractivity contribution in [1.29, 1.82) is 5.26 Å². The zero-order valence-corrected chi connectivity index (χ0v) is 21.1. The number of aromatic amines is 1. The van der Waals surface area contributed by atoms with Gasteiger partial charge in [0.15, 0.2) is 0 Å². The first kappa shape index (κ1) is 24.5. The molecule has 1 aromatic carbocycles. The van der Waals surface area contributed by atoms with Crippen LogP contribution in [0, 0.1) is 18.3 Å². The molecule has 37 heavy (non-hydrogen) atoms. The number of pyridine rings is 1. The molecule has 9 heteroatoms. The van der Waals surface area contributed by atoms with Crippen molar-refractivity contribution in [1.82, 2.24) is 20.1 Å². The van der Waals surface area contributed by atoms with E-state index >= 15 is 0 Å². The van der Waals surface area contributed by atoms with Crippen molar-refractivity contribution < 1.29 is 4.79 Å². The molecule has 0 radical (unpaired) electrons. The Balaban J connectivity index is 1.18. The summed E-state index contributed by atoms with van der Waals surface area (Å²) in [6.45, 7) is 5.45. The highest BCUT2D eigenvalue weighted by molar-refractivity contribution is 5.94. The number of nitriles is 1. The van der Waals surface area contributed by atoms with E-state index in [9.17, 15) is 9.59 Å². The van der Waals surface area contributed by atoms with Crippen LogP contribution in [0.4, 0.5) is 11.5 Å². The number of rotatable bonds is 6. The molecule has 0 saturated carbocycles. The number of hydrogen-bond donors (Lipinski definition) is 1. The molecule has 9 nitrogen and oxygen atoms in total. The third-order valence-electron chi connectivity index (χ3n) is 7.47. The topological polar surface area (TPSA) is 109 Å². The summed E-state index contributed by atoms with van der Waals surface area (Å²) >= 11 is 0. The van der Waals surface area contributed by atoms with E-state index < -0.39 is 0 Å². The van der Waals surface area contributed by atoms with Crippen LogP contribution < -0.4 is 15.4 Å². The van der Waals surface area contributed by atoms with Crippen molar-refractivity contribution in [3.63, 3.8) is 0 Å². The minimum atomic E-state index is -0.136. The molecule has 2 fully saturated rings. The van der Waals surface area contributed by atoms with Crippen LogP contribution in [0.1, 0.15) is 46.3 Å². The number of nitrogens with zero attached hydrogens (tertiary/aromatic N) is 6. The molecular weight excluding hydrogens is 466 g/mol. The molecule has 1 amide bonds. The molecule has 0 spiro atoms. The third-order valence-corrected chi connectivity index (χ3v) is 7.47. The first-order chi connectivity index (χ1) is 18.0. The number of benzene rings is 1. The number of piperazine rings is 1. The van der Waals surface area contributed by atoms with E-state index in [1.54, 1.807) is 18.5 Å². The highest BCUT2D eigenvalue weighted by atomic mass is 16.2. The smallest absolute Gasteiger partial charge is 0.269 e. The van der Waals surface area contributed by atoms with Crippen molar-refractivity contribution in [2.45, 2.75) is 38.6 Å². The number of aryl methyl sites for hydroxylation is 1. The predicted octanol–water partition coefficient (Wildman–Crippen LogP) is 2.91. The summed E-state index contributed by atoms with van der Waals surface area (Å²) in [4.78, 5) is 36.0. The van der Waals surface area contributed by atoms with Gasteiger partial charge in [-0.25, -0.2) is 10.1 Å². The van der Waals surface area contributed by atoms with Gasteiger partial charge in [-0.1, -0.05) is 12.1 Å². The molecule has 5 rings (SSSR count). The summed E-state index contributed by atoms with van der Waals surface area (Å²) in [5.41, 5.74) is 3.92. The molecule has 1 atom stereocenters. The van der Waals surface area contributed by atoms with Gasteiger partial charge in [0.2, 0.25) is 0 Å². The van der Waals surface area contributed by atoms with Gasteiger partial charge in [0.05, 0.1) is 17.4 Å². The van der Waals surface area contributed by atoms with Crippen LogP contribution in [0.15, 0.2) is 53.6 Å². The number of amides is 1. The Morgan fingerprint density at radius 1 is 1.14 bits per heavy atom. The largest absolute Gasteiger partial charge is 0.367 e. The molecule has 4 heterocycles. The monoisotopic (exact) mass is 497 g/mol. The zero-order valence-electron chi connectivity index (χ0n) is 21.1. The van der Waals surface area contributed by atoms with Crippen LogP contribution in [-0.2, 0) is 6.42 Å². The molecule has 190 valence electrons. The quantitative estimate of drug-likeness (QED) is 0.558.